The number of hydrogen-bond acceptors (Lipinski definition) is 5. The zero-order valence-corrected chi connectivity index (χ0v) is 16.3. The summed E-state index contributed by atoms with van der Waals surface area (Å²) in [6.45, 7) is 0. The van der Waals surface area contributed by atoms with Crippen molar-refractivity contribution in [3.8, 4) is 11.5 Å². The van der Waals surface area contributed by atoms with Crippen molar-refractivity contribution >= 4 is 43.7 Å². The van der Waals surface area contributed by atoms with Crippen molar-refractivity contribution in [3.63, 3.8) is 0 Å². The number of aromatic nitrogens is 1. The van der Waals surface area contributed by atoms with Crippen molar-refractivity contribution in [2.24, 2.45) is 5.10 Å². The van der Waals surface area contributed by atoms with Crippen LogP contribution in [0.2, 0.25) is 0 Å². The molecule has 4 nitrogen and oxygen atoms in total. The first-order valence-electron chi connectivity index (χ1n) is 9.25. The summed E-state index contributed by atoms with van der Waals surface area (Å²) in [5.74, 6) is 1.61. The highest BCUT2D eigenvalue weighted by atomic mass is 32.1. The van der Waals surface area contributed by atoms with Gasteiger partial charge < -0.3 is 4.74 Å². The van der Waals surface area contributed by atoms with Gasteiger partial charge in [0, 0.05) is 0 Å². The van der Waals surface area contributed by atoms with Crippen LogP contribution in [-0.2, 0) is 0 Å². The fourth-order valence-corrected chi connectivity index (χ4v) is 3.89. The number of thiazole rings is 1. The Morgan fingerprint density at radius 2 is 1.55 bits per heavy atom. The number of anilines is 1. The van der Waals surface area contributed by atoms with Gasteiger partial charge in [-0.25, -0.2) is 4.98 Å². The highest BCUT2D eigenvalue weighted by molar-refractivity contribution is 7.22. The van der Waals surface area contributed by atoms with Crippen LogP contribution in [0.4, 0.5) is 5.13 Å². The van der Waals surface area contributed by atoms with Gasteiger partial charge in [-0.15, -0.1) is 0 Å². The van der Waals surface area contributed by atoms with Crippen LogP contribution >= 0.6 is 11.3 Å². The molecular weight excluding hydrogens is 378 g/mol. The number of fused-ring (bicyclic) bond motifs is 2. The van der Waals surface area contributed by atoms with Gasteiger partial charge in [0.1, 0.15) is 11.5 Å². The smallest absolute Gasteiger partial charge is 0.204 e. The van der Waals surface area contributed by atoms with Gasteiger partial charge >= 0.3 is 0 Å². The number of hydrazone groups is 1. The maximum atomic E-state index is 5.98. The highest BCUT2D eigenvalue weighted by Crippen LogP contribution is 2.26. The maximum Gasteiger partial charge on any atom is 0.204 e. The maximum absolute atomic E-state index is 5.98. The standard InChI is InChI=1S/C24H17N3OS/c1-2-6-19-15-21(14-11-18(19)5-1)28-20-12-9-17(10-13-20)16-25-27-24-26-22-7-3-4-8-23(22)29-24/h1-16H,(H,26,27)/b25-16+. The third-order valence-corrected chi connectivity index (χ3v) is 5.45. The van der Waals surface area contributed by atoms with E-state index in [1.807, 2.05) is 66.7 Å². The Hall–Kier alpha value is -3.70. The molecule has 0 radical (unpaired) electrons. The molecule has 4 aromatic carbocycles. The lowest BCUT2D eigenvalue weighted by Crippen LogP contribution is -1.90. The van der Waals surface area contributed by atoms with E-state index < -0.39 is 0 Å². The summed E-state index contributed by atoms with van der Waals surface area (Å²) >= 11 is 1.58. The van der Waals surface area contributed by atoms with E-state index in [9.17, 15) is 0 Å². The Labute approximate surface area is 172 Å². The largest absolute Gasteiger partial charge is 0.457 e. The molecule has 0 atom stereocenters. The summed E-state index contributed by atoms with van der Waals surface area (Å²) in [6, 6.07) is 30.2. The first-order valence-corrected chi connectivity index (χ1v) is 10.1. The summed E-state index contributed by atoms with van der Waals surface area (Å²) in [4.78, 5) is 4.50. The monoisotopic (exact) mass is 395 g/mol. The van der Waals surface area contributed by atoms with Crippen LogP contribution in [-0.4, -0.2) is 11.2 Å². The molecule has 5 rings (SSSR count). The first kappa shape index (κ1) is 17.4. The molecular formula is C24H17N3OS. The van der Waals surface area contributed by atoms with Crippen molar-refractivity contribution < 1.29 is 4.74 Å². The van der Waals surface area contributed by atoms with Gasteiger partial charge in [0.15, 0.2) is 0 Å². The molecule has 0 spiro atoms. The normalized spacial score (nSPS) is 11.3. The molecule has 5 aromatic rings. The molecule has 1 heterocycles. The summed E-state index contributed by atoms with van der Waals surface area (Å²) in [5, 5.41) is 7.43. The molecule has 1 aromatic heterocycles. The molecule has 140 valence electrons. The van der Waals surface area contributed by atoms with Gasteiger partial charge in [0.2, 0.25) is 5.13 Å². The fraction of sp³-hybridized carbons (Fsp3) is 0. The van der Waals surface area contributed by atoms with Gasteiger partial charge in [-0.2, -0.15) is 5.10 Å². The van der Waals surface area contributed by atoms with E-state index in [0.29, 0.717) is 0 Å². The molecule has 0 aliphatic carbocycles. The molecule has 0 fully saturated rings. The van der Waals surface area contributed by atoms with Crippen LogP contribution in [0.3, 0.4) is 0 Å². The average molecular weight is 395 g/mol. The molecule has 0 unspecified atom stereocenters. The molecule has 0 bridgehead atoms. The topological polar surface area (TPSA) is 46.5 Å². The van der Waals surface area contributed by atoms with Crippen LogP contribution in [0.25, 0.3) is 21.0 Å². The minimum absolute atomic E-state index is 0.777. The number of rotatable bonds is 5. The van der Waals surface area contributed by atoms with Crippen molar-refractivity contribution in [1.82, 2.24) is 4.98 Å². The fourth-order valence-electron chi connectivity index (χ4n) is 3.07. The van der Waals surface area contributed by atoms with E-state index in [2.05, 4.69) is 39.8 Å². The molecule has 0 saturated carbocycles. The average Bonchev–Trinajstić information content (AvgIpc) is 3.18. The van der Waals surface area contributed by atoms with Gasteiger partial charge in [-0.1, -0.05) is 53.8 Å². The predicted octanol–water partition coefficient (Wildman–Crippen LogP) is 6.69. The van der Waals surface area contributed by atoms with Crippen molar-refractivity contribution in [3.05, 3.63) is 96.6 Å². The van der Waals surface area contributed by atoms with Gasteiger partial charge in [-0.05, 0) is 64.9 Å². The Morgan fingerprint density at radius 1 is 0.793 bits per heavy atom. The molecule has 0 aliphatic rings. The van der Waals surface area contributed by atoms with E-state index >= 15 is 0 Å². The van der Waals surface area contributed by atoms with Crippen molar-refractivity contribution in [2.75, 3.05) is 5.43 Å². The van der Waals surface area contributed by atoms with Crippen molar-refractivity contribution in [2.45, 2.75) is 0 Å². The number of para-hydroxylation sites is 1. The zero-order valence-electron chi connectivity index (χ0n) is 15.4. The Kier molecular flexibility index (Phi) is 4.64. The second kappa shape index (κ2) is 7.73. The number of nitrogens with one attached hydrogen (secondary N) is 1. The third-order valence-electron chi connectivity index (χ3n) is 4.50. The van der Waals surface area contributed by atoms with E-state index in [0.717, 1.165) is 37.8 Å². The summed E-state index contributed by atoms with van der Waals surface area (Å²) in [7, 11) is 0. The molecule has 1 N–H and O–H groups in total. The summed E-state index contributed by atoms with van der Waals surface area (Å²) in [5.41, 5.74) is 4.95. The molecule has 0 aliphatic heterocycles. The summed E-state index contributed by atoms with van der Waals surface area (Å²) in [6.07, 6.45) is 1.77. The lowest BCUT2D eigenvalue weighted by Gasteiger charge is -2.07. The van der Waals surface area contributed by atoms with E-state index in [4.69, 9.17) is 4.74 Å². The van der Waals surface area contributed by atoms with Crippen LogP contribution in [0.5, 0.6) is 11.5 Å². The van der Waals surface area contributed by atoms with Crippen molar-refractivity contribution in [1.29, 1.82) is 0 Å². The second-order valence-corrected chi connectivity index (χ2v) is 7.57. The van der Waals surface area contributed by atoms with E-state index in [-0.39, 0.29) is 0 Å². The molecule has 0 saturated heterocycles. The Balaban J connectivity index is 1.25. The molecule has 5 heteroatoms. The zero-order chi connectivity index (χ0) is 19.5. The highest BCUT2D eigenvalue weighted by Gasteiger charge is 2.02. The number of hydrogen-bond donors (Lipinski definition) is 1. The minimum atomic E-state index is 0.777. The number of benzene rings is 4. The number of ether oxygens (including phenoxy) is 1. The van der Waals surface area contributed by atoms with Crippen LogP contribution < -0.4 is 10.2 Å². The second-order valence-electron chi connectivity index (χ2n) is 6.54. The quantitative estimate of drug-likeness (QED) is 0.266. The lowest BCUT2D eigenvalue weighted by atomic mass is 10.1. The Bertz CT molecular complexity index is 1280. The summed E-state index contributed by atoms with van der Waals surface area (Å²) < 4.78 is 7.12. The van der Waals surface area contributed by atoms with Crippen LogP contribution in [0.1, 0.15) is 5.56 Å². The SMILES string of the molecule is C(=N\Nc1nc2ccccc2s1)/c1ccc(Oc2ccc3ccccc3c2)cc1. The van der Waals surface area contributed by atoms with Gasteiger partial charge in [-0.3, -0.25) is 5.43 Å². The van der Waals surface area contributed by atoms with E-state index in [1.165, 1.54) is 5.39 Å². The molecule has 0 amide bonds. The van der Waals surface area contributed by atoms with E-state index in [1.54, 1.807) is 17.6 Å². The third kappa shape index (κ3) is 3.95. The van der Waals surface area contributed by atoms with Crippen LogP contribution in [0, 0.1) is 0 Å². The first-order chi connectivity index (χ1) is 14.3. The Morgan fingerprint density at radius 3 is 2.41 bits per heavy atom. The van der Waals surface area contributed by atoms with Gasteiger partial charge in [0.25, 0.3) is 0 Å². The number of nitrogens with zero attached hydrogens (tertiary/aromatic N) is 2. The molecule has 29 heavy (non-hydrogen) atoms. The van der Waals surface area contributed by atoms with Gasteiger partial charge in [0.05, 0.1) is 16.4 Å². The lowest BCUT2D eigenvalue weighted by molar-refractivity contribution is 0.483. The minimum Gasteiger partial charge on any atom is -0.457 e. The van der Waals surface area contributed by atoms with Crippen LogP contribution in [0.15, 0.2) is 96.1 Å². The predicted molar refractivity (Wildman–Crippen MR) is 121 cm³/mol.